The first-order valence-corrected chi connectivity index (χ1v) is 5.89. The fourth-order valence-corrected chi connectivity index (χ4v) is 1.89. The Morgan fingerprint density at radius 3 is 2.78 bits per heavy atom. The third kappa shape index (κ3) is 3.00. The van der Waals surface area contributed by atoms with Gasteiger partial charge in [0.2, 0.25) is 5.91 Å². The number of hydrogen-bond donors (Lipinski definition) is 1. The Kier molecular flexibility index (Phi) is 3.82. The van der Waals surface area contributed by atoms with Crippen molar-refractivity contribution in [3.8, 4) is 0 Å². The summed E-state index contributed by atoms with van der Waals surface area (Å²) < 4.78 is 4.93. The summed E-state index contributed by atoms with van der Waals surface area (Å²) in [5, 5.41) is 2.60. The zero-order valence-corrected chi connectivity index (χ0v) is 10.3. The molecule has 18 heavy (non-hydrogen) atoms. The lowest BCUT2D eigenvalue weighted by atomic mass is 10.0. The van der Waals surface area contributed by atoms with Gasteiger partial charge in [0.15, 0.2) is 0 Å². The lowest BCUT2D eigenvalue weighted by molar-refractivity contribution is -0.133. The highest BCUT2D eigenvalue weighted by Gasteiger charge is 2.26. The van der Waals surface area contributed by atoms with Crippen molar-refractivity contribution in [1.29, 1.82) is 0 Å². The van der Waals surface area contributed by atoms with Gasteiger partial charge in [0.25, 0.3) is 0 Å². The van der Waals surface area contributed by atoms with E-state index in [4.69, 9.17) is 4.74 Å². The van der Waals surface area contributed by atoms with Gasteiger partial charge in [-0.25, -0.2) is 4.79 Å². The second-order valence-corrected chi connectivity index (χ2v) is 4.28. The number of amides is 2. The lowest BCUT2D eigenvalue weighted by Crippen LogP contribution is -2.51. The Labute approximate surface area is 106 Å². The minimum atomic E-state index is -0.565. The van der Waals surface area contributed by atoms with Crippen LogP contribution < -0.4 is 5.32 Å². The SMILES string of the molecule is CN1CCOC(=O)N[C@@H](Cc2ccccc2)C1=O. The molecule has 1 saturated heterocycles. The van der Waals surface area contributed by atoms with Gasteiger partial charge in [-0.3, -0.25) is 4.79 Å². The number of nitrogens with zero attached hydrogens (tertiary/aromatic N) is 1. The molecule has 2 amide bonds. The second kappa shape index (κ2) is 5.53. The van der Waals surface area contributed by atoms with Crippen LogP contribution in [-0.2, 0) is 16.0 Å². The van der Waals surface area contributed by atoms with Gasteiger partial charge in [-0.1, -0.05) is 30.3 Å². The molecule has 0 unspecified atom stereocenters. The van der Waals surface area contributed by atoms with Crippen LogP contribution in [0.2, 0.25) is 0 Å². The van der Waals surface area contributed by atoms with Crippen LogP contribution >= 0.6 is 0 Å². The third-order valence-corrected chi connectivity index (χ3v) is 2.91. The first-order chi connectivity index (χ1) is 8.66. The summed E-state index contributed by atoms with van der Waals surface area (Å²) in [5.41, 5.74) is 1.00. The molecule has 1 aromatic carbocycles. The number of benzene rings is 1. The molecule has 1 fully saturated rings. The van der Waals surface area contributed by atoms with Gasteiger partial charge in [-0.15, -0.1) is 0 Å². The smallest absolute Gasteiger partial charge is 0.407 e. The Bertz CT molecular complexity index is 433. The van der Waals surface area contributed by atoms with Crippen LogP contribution in [0, 0.1) is 0 Å². The lowest BCUT2D eigenvalue weighted by Gasteiger charge is -2.27. The number of carbonyl (C=O) groups is 2. The molecule has 0 saturated carbocycles. The van der Waals surface area contributed by atoms with E-state index in [9.17, 15) is 9.59 Å². The van der Waals surface area contributed by atoms with E-state index in [1.807, 2.05) is 30.3 Å². The largest absolute Gasteiger partial charge is 0.448 e. The summed E-state index contributed by atoms with van der Waals surface area (Å²) in [6, 6.07) is 9.02. The van der Waals surface area contributed by atoms with E-state index < -0.39 is 12.1 Å². The molecule has 0 spiro atoms. The molecule has 1 aromatic rings. The van der Waals surface area contributed by atoms with E-state index in [1.165, 1.54) is 0 Å². The number of nitrogens with one attached hydrogen (secondary N) is 1. The molecule has 2 rings (SSSR count). The van der Waals surface area contributed by atoms with Crippen LogP contribution in [-0.4, -0.2) is 43.1 Å². The standard InChI is InChI=1S/C13H16N2O3/c1-15-7-8-18-13(17)14-11(12(15)16)9-10-5-3-2-4-6-10/h2-6,11H,7-9H2,1H3,(H,14,17)/t11-/m0/s1. The van der Waals surface area contributed by atoms with E-state index in [0.717, 1.165) is 5.56 Å². The molecule has 1 aliphatic heterocycles. The molecule has 1 aliphatic rings. The Morgan fingerprint density at radius 2 is 2.06 bits per heavy atom. The molecule has 1 N–H and O–H groups in total. The number of hydrogen-bond acceptors (Lipinski definition) is 3. The number of cyclic esters (lactones) is 1. The topological polar surface area (TPSA) is 58.6 Å². The first-order valence-electron chi connectivity index (χ1n) is 5.89. The van der Waals surface area contributed by atoms with Gasteiger partial charge < -0.3 is 15.0 Å². The van der Waals surface area contributed by atoms with Crippen LogP contribution in [0.15, 0.2) is 30.3 Å². The van der Waals surface area contributed by atoms with Crippen molar-refractivity contribution < 1.29 is 14.3 Å². The van der Waals surface area contributed by atoms with Crippen molar-refractivity contribution >= 4 is 12.0 Å². The first kappa shape index (κ1) is 12.4. The van der Waals surface area contributed by atoms with E-state index in [2.05, 4.69) is 5.32 Å². The van der Waals surface area contributed by atoms with Crippen LogP contribution in [0.25, 0.3) is 0 Å². The van der Waals surface area contributed by atoms with Crippen LogP contribution in [0.4, 0.5) is 4.79 Å². The normalized spacial score (nSPS) is 20.7. The summed E-state index contributed by atoms with van der Waals surface area (Å²) >= 11 is 0. The second-order valence-electron chi connectivity index (χ2n) is 4.28. The maximum Gasteiger partial charge on any atom is 0.407 e. The van der Waals surface area contributed by atoms with Gasteiger partial charge in [-0.05, 0) is 5.56 Å². The maximum atomic E-state index is 12.1. The van der Waals surface area contributed by atoms with Crippen molar-refractivity contribution in [2.45, 2.75) is 12.5 Å². The predicted octanol–water partition coefficient (Wildman–Crippen LogP) is 0.796. The summed E-state index contributed by atoms with van der Waals surface area (Å²) in [6.45, 7) is 0.656. The molecular formula is C13H16N2O3. The number of ether oxygens (including phenoxy) is 1. The molecule has 0 aromatic heterocycles. The van der Waals surface area contributed by atoms with Crippen LogP contribution in [0.5, 0.6) is 0 Å². The highest BCUT2D eigenvalue weighted by molar-refractivity contribution is 5.86. The molecular weight excluding hydrogens is 232 g/mol. The average Bonchev–Trinajstić information content (AvgIpc) is 2.37. The van der Waals surface area contributed by atoms with Crippen LogP contribution in [0.3, 0.4) is 0 Å². The molecule has 0 aliphatic carbocycles. The fraction of sp³-hybridized carbons (Fsp3) is 0.385. The summed E-state index contributed by atoms with van der Waals surface area (Å²) in [4.78, 5) is 25.1. The quantitative estimate of drug-likeness (QED) is 0.842. The summed E-state index contributed by atoms with van der Waals surface area (Å²) in [7, 11) is 1.71. The number of rotatable bonds is 2. The summed E-state index contributed by atoms with van der Waals surface area (Å²) in [5.74, 6) is -0.0875. The van der Waals surface area contributed by atoms with Gasteiger partial charge in [0, 0.05) is 13.5 Å². The molecule has 1 heterocycles. The highest BCUT2D eigenvalue weighted by atomic mass is 16.5. The Balaban J connectivity index is 2.11. The molecule has 5 nitrogen and oxygen atoms in total. The molecule has 0 radical (unpaired) electrons. The fourth-order valence-electron chi connectivity index (χ4n) is 1.89. The van der Waals surface area contributed by atoms with Gasteiger partial charge >= 0.3 is 6.09 Å². The Morgan fingerprint density at radius 1 is 1.33 bits per heavy atom. The molecule has 5 heteroatoms. The van der Waals surface area contributed by atoms with Gasteiger partial charge in [0.05, 0.1) is 6.54 Å². The van der Waals surface area contributed by atoms with E-state index in [-0.39, 0.29) is 12.5 Å². The van der Waals surface area contributed by atoms with E-state index in [0.29, 0.717) is 13.0 Å². The Hall–Kier alpha value is -2.04. The predicted molar refractivity (Wildman–Crippen MR) is 66.1 cm³/mol. The van der Waals surface area contributed by atoms with Crippen molar-refractivity contribution in [2.24, 2.45) is 0 Å². The summed E-state index contributed by atoms with van der Waals surface area (Å²) in [6.07, 6.45) is -0.0589. The van der Waals surface area contributed by atoms with Gasteiger partial charge in [-0.2, -0.15) is 0 Å². The van der Waals surface area contributed by atoms with Crippen molar-refractivity contribution in [1.82, 2.24) is 10.2 Å². The average molecular weight is 248 g/mol. The van der Waals surface area contributed by atoms with Gasteiger partial charge in [0.1, 0.15) is 12.6 Å². The number of alkyl carbamates (subject to hydrolysis) is 1. The monoisotopic (exact) mass is 248 g/mol. The van der Waals surface area contributed by atoms with Crippen molar-refractivity contribution in [3.05, 3.63) is 35.9 Å². The number of likely N-dealkylation sites (N-methyl/N-ethyl adjacent to an activating group) is 1. The highest BCUT2D eigenvalue weighted by Crippen LogP contribution is 2.07. The molecule has 96 valence electrons. The van der Waals surface area contributed by atoms with E-state index in [1.54, 1.807) is 11.9 Å². The minimum Gasteiger partial charge on any atom is -0.448 e. The zero-order chi connectivity index (χ0) is 13.0. The van der Waals surface area contributed by atoms with Crippen LogP contribution in [0.1, 0.15) is 5.56 Å². The maximum absolute atomic E-state index is 12.1. The van der Waals surface area contributed by atoms with Crippen molar-refractivity contribution in [3.63, 3.8) is 0 Å². The molecule has 0 bridgehead atoms. The number of carbonyl (C=O) groups excluding carboxylic acids is 2. The third-order valence-electron chi connectivity index (χ3n) is 2.91. The van der Waals surface area contributed by atoms with E-state index >= 15 is 0 Å². The van der Waals surface area contributed by atoms with Crippen molar-refractivity contribution in [2.75, 3.05) is 20.2 Å². The zero-order valence-electron chi connectivity index (χ0n) is 10.3. The minimum absolute atomic E-state index is 0.0875. The molecule has 1 atom stereocenters.